The number of rotatable bonds is 8. The average molecular weight is 543 g/mol. The zero-order valence-electron chi connectivity index (χ0n) is 20.8. The fourth-order valence-corrected chi connectivity index (χ4v) is 4.57. The molecule has 2 aromatic rings. The summed E-state index contributed by atoms with van der Waals surface area (Å²) in [5.41, 5.74) is 4.95. The van der Waals surface area contributed by atoms with Crippen molar-refractivity contribution in [3.63, 3.8) is 0 Å². The highest BCUT2D eigenvalue weighted by Gasteiger charge is 2.36. The normalized spacial score (nSPS) is 17.9. The lowest BCUT2D eigenvalue weighted by atomic mass is 9.93. The van der Waals surface area contributed by atoms with Crippen molar-refractivity contribution in [1.29, 1.82) is 0 Å². The Kier molecular flexibility index (Phi) is 9.89. The van der Waals surface area contributed by atoms with Gasteiger partial charge in [-0.1, -0.05) is 19.4 Å². The Hall–Kier alpha value is -2.72. The van der Waals surface area contributed by atoms with Gasteiger partial charge in [-0.25, -0.2) is 14.4 Å². The number of benzene rings is 1. The topological polar surface area (TPSA) is 90.1 Å². The molecule has 0 spiro atoms. The number of ether oxygens (including phenoxy) is 1. The maximum Gasteiger partial charge on any atom is 0.419 e. The Balaban J connectivity index is 1.85. The van der Waals surface area contributed by atoms with Crippen LogP contribution in [-0.4, -0.2) is 29.0 Å². The predicted octanol–water partition coefficient (Wildman–Crippen LogP) is 6.48. The molecule has 0 saturated carbocycles. The second-order valence-electron chi connectivity index (χ2n) is 9.06. The first-order valence-corrected chi connectivity index (χ1v) is 12.6. The van der Waals surface area contributed by atoms with Crippen LogP contribution in [0.1, 0.15) is 68.0 Å². The number of nitrogens with one attached hydrogen (secondary N) is 1. The summed E-state index contributed by atoms with van der Waals surface area (Å²) < 4.78 is 60.2. The van der Waals surface area contributed by atoms with Crippen LogP contribution in [0.4, 0.5) is 29.1 Å². The Morgan fingerprint density at radius 2 is 2.03 bits per heavy atom. The lowest BCUT2D eigenvalue weighted by Gasteiger charge is -2.21. The van der Waals surface area contributed by atoms with Gasteiger partial charge in [0, 0.05) is 35.9 Å². The lowest BCUT2D eigenvalue weighted by molar-refractivity contribution is -0.140. The van der Waals surface area contributed by atoms with E-state index in [1.54, 1.807) is 12.2 Å². The Bertz CT molecular complexity index is 1130. The van der Waals surface area contributed by atoms with E-state index in [-0.39, 0.29) is 40.5 Å². The minimum atomic E-state index is -4.90. The molecule has 1 fully saturated rings. The van der Waals surface area contributed by atoms with Crippen LogP contribution in [0.25, 0.3) is 0 Å². The summed E-state index contributed by atoms with van der Waals surface area (Å²) in [4.78, 5) is 21.2. The molecular formula is C26H31ClF4N4O2. The molecule has 1 aromatic heterocycles. The van der Waals surface area contributed by atoms with E-state index in [0.717, 1.165) is 31.9 Å². The molecule has 0 radical (unpaired) electrons. The number of allylic oxidation sites excluding steroid dienone is 2. The number of aryl methyl sites for hydroxylation is 1. The van der Waals surface area contributed by atoms with Crippen LogP contribution in [0.2, 0.25) is 5.28 Å². The number of hydrogen-bond donors (Lipinski definition) is 2. The van der Waals surface area contributed by atoms with Crippen molar-refractivity contribution in [2.75, 3.05) is 24.3 Å². The molecule has 1 aliphatic heterocycles. The number of nitrogens with two attached hydrogens (primary N) is 1. The number of nitrogens with zero attached hydrogens (tertiary/aromatic N) is 2. The number of halogens is 5. The molecule has 0 amide bonds. The highest BCUT2D eigenvalue weighted by Crippen LogP contribution is 2.36. The zero-order chi connectivity index (χ0) is 27.2. The summed E-state index contributed by atoms with van der Waals surface area (Å²) in [6.07, 6.45) is 2.47. The van der Waals surface area contributed by atoms with Crippen LogP contribution in [0.3, 0.4) is 0 Å². The standard InChI is InChI=1S/C26H31ClF4N4O2/c1-3-21-18(8-6-9-22(36)16-7-4-5-11-37-12-10-16)24(35-25(27)34-21)33-15(2)19-13-17(32)14-20(23(19)28)26(29,30)31/h6,9,13-16H,3-5,7-8,10-12,32H2,1-2H3,(H,33,34,35)/b9-6+. The second-order valence-corrected chi connectivity index (χ2v) is 9.40. The molecule has 0 bridgehead atoms. The number of aromatic nitrogens is 2. The van der Waals surface area contributed by atoms with Gasteiger partial charge >= 0.3 is 6.18 Å². The number of carbonyl (C=O) groups is 1. The van der Waals surface area contributed by atoms with E-state index >= 15 is 0 Å². The van der Waals surface area contributed by atoms with Gasteiger partial charge in [0.05, 0.1) is 17.3 Å². The molecule has 3 N–H and O–H groups in total. The largest absolute Gasteiger partial charge is 0.419 e. The second kappa shape index (κ2) is 12.7. The Morgan fingerprint density at radius 3 is 2.73 bits per heavy atom. The van der Waals surface area contributed by atoms with Crippen molar-refractivity contribution in [3.8, 4) is 0 Å². The highest BCUT2D eigenvalue weighted by atomic mass is 35.5. The fraction of sp³-hybridized carbons (Fsp3) is 0.500. The van der Waals surface area contributed by atoms with Gasteiger partial charge in [0.15, 0.2) is 5.78 Å². The predicted molar refractivity (Wildman–Crippen MR) is 135 cm³/mol. The van der Waals surface area contributed by atoms with Crippen LogP contribution in [-0.2, 0) is 28.5 Å². The van der Waals surface area contributed by atoms with Gasteiger partial charge in [-0.05, 0) is 68.8 Å². The number of nitrogen functional groups attached to an aromatic ring is 1. The summed E-state index contributed by atoms with van der Waals surface area (Å²) in [5.74, 6) is -1.25. The van der Waals surface area contributed by atoms with Crippen molar-refractivity contribution in [2.24, 2.45) is 5.92 Å². The van der Waals surface area contributed by atoms with E-state index in [9.17, 15) is 22.4 Å². The van der Waals surface area contributed by atoms with Gasteiger partial charge < -0.3 is 15.8 Å². The molecule has 2 unspecified atom stereocenters. The summed E-state index contributed by atoms with van der Waals surface area (Å²) in [6.45, 7) is 4.64. The lowest BCUT2D eigenvalue weighted by Crippen LogP contribution is -2.18. The maximum atomic E-state index is 14.8. The fourth-order valence-electron chi connectivity index (χ4n) is 4.38. The van der Waals surface area contributed by atoms with Crippen LogP contribution < -0.4 is 11.1 Å². The first-order chi connectivity index (χ1) is 17.5. The van der Waals surface area contributed by atoms with Crippen LogP contribution >= 0.6 is 11.6 Å². The van der Waals surface area contributed by atoms with E-state index in [0.29, 0.717) is 36.8 Å². The molecule has 1 aliphatic rings. The van der Waals surface area contributed by atoms with Crippen molar-refractivity contribution >= 4 is 28.9 Å². The zero-order valence-corrected chi connectivity index (χ0v) is 21.6. The average Bonchev–Trinajstić information content (AvgIpc) is 2.80. The van der Waals surface area contributed by atoms with Crippen molar-refractivity contribution in [2.45, 2.75) is 64.6 Å². The smallest absolute Gasteiger partial charge is 0.399 e. The molecule has 1 saturated heterocycles. The third kappa shape index (κ3) is 7.64. The van der Waals surface area contributed by atoms with Gasteiger partial charge in [0.25, 0.3) is 0 Å². The number of ketones is 1. The third-order valence-corrected chi connectivity index (χ3v) is 6.53. The van der Waals surface area contributed by atoms with E-state index in [1.807, 2.05) is 6.92 Å². The van der Waals surface area contributed by atoms with E-state index in [2.05, 4.69) is 15.3 Å². The first-order valence-electron chi connectivity index (χ1n) is 12.3. The van der Waals surface area contributed by atoms with Gasteiger partial charge in [0.2, 0.25) is 5.28 Å². The summed E-state index contributed by atoms with van der Waals surface area (Å²) in [5, 5.41) is 2.91. The number of anilines is 2. The van der Waals surface area contributed by atoms with Gasteiger partial charge in [0.1, 0.15) is 11.6 Å². The van der Waals surface area contributed by atoms with Gasteiger partial charge in [-0.15, -0.1) is 0 Å². The molecule has 1 aromatic carbocycles. The Morgan fingerprint density at radius 1 is 1.27 bits per heavy atom. The van der Waals surface area contributed by atoms with Crippen LogP contribution in [0.15, 0.2) is 24.3 Å². The maximum absolute atomic E-state index is 14.8. The third-order valence-electron chi connectivity index (χ3n) is 6.36. The molecule has 11 heteroatoms. The van der Waals surface area contributed by atoms with Crippen molar-refractivity contribution < 1.29 is 27.1 Å². The van der Waals surface area contributed by atoms with E-state index < -0.39 is 23.6 Å². The van der Waals surface area contributed by atoms with Gasteiger partial charge in [-0.2, -0.15) is 13.2 Å². The number of hydrogen-bond acceptors (Lipinski definition) is 6. The van der Waals surface area contributed by atoms with E-state index in [4.69, 9.17) is 22.1 Å². The Labute approximate surface area is 218 Å². The summed E-state index contributed by atoms with van der Waals surface area (Å²) >= 11 is 6.10. The minimum Gasteiger partial charge on any atom is -0.399 e. The van der Waals surface area contributed by atoms with Gasteiger partial charge in [-0.3, -0.25) is 4.79 Å². The summed E-state index contributed by atoms with van der Waals surface area (Å²) in [7, 11) is 0. The monoisotopic (exact) mass is 542 g/mol. The highest BCUT2D eigenvalue weighted by molar-refractivity contribution is 6.28. The minimum absolute atomic E-state index is 0.0165. The molecule has 0 aliphatic carbocycles. The van der Waals surface area contributed by atoms with E-state index in [1.165, 1.54) is 6.92 Å². The first kappa shape index (κ1) is 28.8. The molecule has 3 rings (SSSR count). The van der Waals surface area contributed by atoms with Crippen molar-refractivity contribution in [1.82, 2.24) is 9.97 Å². The molecule has 6 nitrogen and oxygen atoms in total. The molecule has 2 heterocycles. The molecule has 2 atom stereocenters. The number of carbonyl (C=O) groups excluding carboxylic acids is 1. The molecular weight excluding hydrogens is 512 g/mol. The molecule has 37 heavy (non-hydrogen) atoms. The van der Waals surface area contributed by atoms with Crippen molar-refractivity contribution in [3.05, 3.63) is 57.8 Å². The number of alkyl halides is 3. The van der Waals surface area contributed by atoms with Crippen LogP contribution in [0, 0.1) is 11.7 Å². The SMILES string of the molecule is CCc1nc(Cl)nc(NC(C)c2cc(N)cc(C(F)(F)F)c2F)c1C/C=C/C(=O)C1CCCCOCC1. The molecule has 202 valence electrons. The summed E-state index contributed by atoms with van der Waals surface area (Å²) in [6, 6.07) is 0.792. The van der Waals surface area contributed by atoms with Crippen LogP contribution in [0.5, 0.6) is 0 Å². The quantitative estimate of drug-likeness (QED) is 0.172.